The Kier molecular flexibility index (Phi) is 5.35. The van der Waals surface area contributed by atoms with Gasteiger partial charge in [-0.05, 0) is 35.9 Å². The molecule has 1 aromatic carbocycles. The van der Waals surface area contributed by atoms with Gasteiger partial charge in [-0.15, -0.1) is 0 Å². The van der Waals surface area contributed by atoms with Crippen molar-refractivity contribution in [2.75, 3.05) is 11.9 Å². The summed E-state index contributed by atoms with van der Waals surface area (Å²) >= 11 is 11.7. The van der Waals surface area contributed by atoms with Crippen LogP contribution in [0.2, 0.25) is 10.0 Å². The lowest BCUT2D eigenvalue weighted by molar-refractivity contribution is -0.115. The van der Waals surface area contributed by atoms with E-state index in [9.17, 15) is 4.79 Å². The number of carbonyl (C=O) groups is 1. The fourth-order valence-electron chi connectivity index (χ4n) is 1.60. The van der Waals surface area contributed by atoms with Crippen LogP contribution in [0.1, 0.15) is 5.56 Å². The van der Waals surface area contributed by atoms with Crippen LogP contribution in [-0.4, -0.2) is 17.4 Å². The summed E-state index contributed by atoms with van der Waals surface area (Å²) in [5, 5.41) is 6.66. The first kappa shape index (κ1) is 14.8. The van der Waals surface area contributed by atoms with Crippen molar-refractivity contribution < 1.29 is 4.79 Å². The van der Waals surface area contributed by atoms with Crippen LogP contribution in [0.5, 0.6) is 0 Å². The number of hydrogen-bond donors (Lipinski definition) is 2. The Morgan fingerprint density at radius 1 is 1.10 bits per heavy atom. The van der Waals surface area contributed by atoms with Crippen LogP contribution in [0.3, 0.4) is 0 Å². The van der Waals surface area contributed by atoms with E-state index in [0.29, 0.717) is 22.3 Å². The van der Waals surface area contributed by atoms with Gasteiger partial charge in [0.05, 0.1) is 16.6 Å². The number of halogens is 2. The predicted molar refractivity (Wildman–Crippen MR) is 81.0 cm³/mol. The van der Waals surface area contributed by atoms with Crippen molar-refractivity contribution in [3.63, 3.8) is 0 Å². The maximum absolute atomic E-state index is 11.7. The second-order valence-electron chi connectivity index (χ2n) is 4.14. The largest absolute Gasteiger partial charge is 0.325 e. The fourth-order valence-corrected chi connectivity index (χ4v) is 1.90. The Balaban J connectivity index is 1.79. The molecule has 0 aliphatic carbocycles. The summed E-state index contributed by atoms with van der Waals surface area (Å²) in [5.41, 5.74) is 1.69. The average molecular weight is 310 g/mol. The van der Waals surface area contributed by atoms with Crippen molar-refractivity contribution in [1.82, 2.24) is 10.3 Å². The molecule has 2 rings (SSSR count). The third-order valence-corrected chi connectivity index (χ3v) is 3.31. The van der Waals surface area contributed by atoms with Gasteiger partial charge in [0.15, 0.2) is 0 Å². The minimum atomic E-state index is -0.141. The summed E-state index contributed by atoms with van der Waals surface area (Å²) < 4.78 is 0. The zero-order chi connectivity index (χ0) is 14.4. The third-order valence-electron chi connectivity index (χ3n) is 2.57. The molecule has 0 saturated heterocycles. The molecule has 2 N–H and O–H groups in total. The highest BCUT2D eigenvalue weighted by atomic mass is 35.5. The molecule has 104 valence electrons. The molecule has 0 aliphatic heterocycles. The van der Waals surface area contributed by atoms with Gasteiger partial charge in [0.2, 0.25) is 5.91 Å². The number of hydrogen-bond acceptors (Lipinski definition) is 3. The van der Waals surface area contributed by atoms with E-state index in [0.717, 1.165) is 5.56 Å². The van der Waals surface area contributed by atoms with Gasteiger partial charge in [0.1, 0.15) is 0 Å². The summed E-state index contributed by atoms with van der Waals surface area (Å²) in [6, 6.07) is 8.75. The summed E-state index contributed by atoms with van der Waals surface area (Å²) in [7, 11) is 0. The molecule has 1 aromatic heterocycles. The Labute approximate surface area is 127 Å². The van der Waals surface area contributed by atoms with E-state index < -0.39 is 0 Å². The molecule has 20 heavy (non-hydrogen) atoms. The Morgan fingerprint density at radius 2 is 1.85 bits per heavy atom. The molecule has 0 spiro atoms. The molecule has 1 amide bonds. The first-order valence-electron chi connectivity index (χ1n) is 5.99. The number of rotatable bonds is 5. The molecular weight excluding hydrogens is 297 g/mol. The molecule has 0 atom stereocenters. The molecule has 4 nitrogen and oxygen atoms in total. The highest BCUT2D eigenvalue weighted by Gasteiger charge is 2.04. The second-order valence-corrected chi connectivity index (χ2v) is 4.95. The fraction of sp³-hybridized carbons (Fsp3) is 0.143. The average Bonchev–Trinajstić information content (AvgIpc) is 2.44. The first-order chi connectivity index (χ1) is 9.65. The van der Waals surface area contributed by atoms with Crippen LogP contribution in [0.25, 0.3) is 0 Å². The molecule has 2 aromatic rings. The van der Waals surface area contributed by atoms with Crippen molar-refractivity contribution in [1.29, 1.82) is 0 Å². The molecule has 0 aliphatic rings. The lowest BCUT2D eigenvalue weighted by Crippen LogP contribution is -2.27. The minimum absolute atomic E-state index is 0.141. The highest BCUT2D eigenvalue weighted by Crippen LogP contribution is 2.24. The molecule has 0 radical (unpaired) electrons. The SMILES string of the molecule is O=C(CNCc1ccncc1)Nc1ccc(Cl)c(Cl)c1. The van der Waals surface area contributed by atoms with Gasteiger partial charge < -0.3 is 10.6 Å². The number of amides is 1. The number of aromatic nitrogens is 1. The number of anilines is 1. The Bertz CT molecular complexity index is 590. The molecule has 0 bridgehead atoms. The number of nitrogens with zero attached hydrogens (tertiary/aromatic N) is 1. The summed E-state index contributed by atoms with van der Waals surface area (Å²) in [6.07, 6.45) is 3.43. The minimum Gasteiger partial charge on any atom is -0.325 e. The van der Waals surface area contributed by atoms with Gasteiger partial charge >= 0.3 is 0 Å². The maximum Gasteiger partial charge on any atom is 0.238 e. The lowest BCUT2D eigenvalue weighted by atomic mass is 10.3. The van der Waals surface area contributed by atoms with Crippen LogP contribution in [-0.2, 0) is 11.3 Å². The molecule has 0 saturated carbocycles. The van der Waals surface area contributed by atoms with E-state index >= 15 is 0 Å². The summed E-state index contributed by atoms with van der Waals surface area (Å²) in [4.78, 5) is 15.7. The van der Waals surface area contributed by atoms with Crippen LogP contribution in [0.4, 0.5) is 5.69 Å². The normalized spacial score (nSPS) is 10.3. The van der Waals surface area contributed by atoms with Gasteiger partial charge in [-0.2, -0.15) is 0 Å². The van der Waals surface area contributed by atoms with Crippen molar-refractivity contribution in [3.05, 3.63) is 58.3 Å². The second kappa shape index (κ2) is 7.24. The van der Waals surface area contributed by atoms with Gasteiger partial charge in [-0.3, -0.25) is 9.78 Å². The van der Waals surface area contributed by atoms with Crippen LogP contribution in [0.15, 0.2) is 42.7 Å². The van der Waals surface area contributed by atoms with Crippen molar-refractivity contribution in [2.24, 2.45) is 0 Å². The topological polar surface area (TPSA) is 54.0 Å². The predicted octanol–water partition coefficient (Wildman–Crippen LogP) is 3.12. The molecule has 6 heteroatoms. The van der Waals surface area contributed by atoms with Gasteiger partial charge in [-0.25, -0.2) is 0 Å². The molecule has 0 unspecified atom stereocenters. The smallest absolute Gasteiger partial charge is 0.238 e. The highest BCUT2D eigenvalue weighted by molar-refractivity contribution is 6.42. The van der Waals surface area contributed by atoms with E-state index in [2.05, 4.69) is 15.6 Å². The van der Waals surface area contributed by atoms with E-state index in [4.69, 9.17) is 23.2 Å². The summed E-state index contributed by atoms with van der Waals surface area (Å²) in [6.45, 7) is 0.819. The van der Waals surface area contributed by atoms with E-state index in [1.807, 2.05) is 12.1 Å². The Morgan fingerprint density at radius 3 is 2.55 bits per heavy atom. The van der Waals surface area contributed by atoms with E-state index in [-0.39, 0.29) is 12.5 Å². The zero-order valence-corrected chi connectivity index (χ0v) is 12.1. The van der Waals surface area contributed by atoms with Crippen LogP contribution < -0.4 is 10.6 Å². The molecular formula is C14H13Cl2N3O. The van der Waals surface area contributed by atoms with E-state index in [1.54, 1.807) is 30.6 Å². The van der Waals surface area contributed by atoms with Crippen molar-refractivity contribution in [2.45, 2.75) is 6.54 Å². The standard InChI is InChI=1S/C14H13Cl2N3O/c15-12-2-1-11(7-13(12)16)19-14(20)9-18-8-10-3-5-17-6-4-10/h1-7,18H,8-9H2,(H,19,20). The number of pyridine rings is 1. The van der Waals surface area contributed by atoms with Gasteiger partial charge in [0, 0.05) is 24.6 Å². The number of carbonyl (C=O) groups excluding carboxylic acids is 1. The summed E-state index contributed by atoms with van der Waals surface area (Å²) in [5.74, 6) is -0.141. The lowest BCUT2D eigenvalue weighted by Gasteiger charge is -2.07. The van der Waals surface area contributed by atoms with Crippen molar-refractivity contribution >= 4 is 34.8 Å². The van der Waals surface area contributed by atoms with Crippen LogP contribution in [0, 0.1) is 0 Å². The molecule has 1 heterocycles. The van der Waals surface area contributed by atoms with Gasteiger partial charge in [0.25, 0.3) is 0 Å². The first-order valence-corrected chi connectivity index (χ1v) is 6.75. The van der Waals surface area contributed by atoms with E-state index in [1.165, 1.54) is 0 Å². The Hall–Kier alpha value is -1.62. The quantitative estimate of drug-likeness (QED) is 0.892. The number of benzene rings is 1. The van der Waals surface area contributed by atoms with Crippen LogP contribution >= 0.6 is 23.2 Å². The maximum atomic E-state index is 11.7. The number of nitrogens with one attached hydrogen (secondary N) is 2. The van der Waals surface area contributed by atoms with Gasteiger partial charge in [-0.1, -0.05) is 23.2 Å². The zero-order valence-electron chi connectivity index (χ0n) is 10.6. The van der Waals surface area contributed by atoms with Crippen molar-refractivity contribution in [3.8, 4) is 0 Å². The molecule has 0 fully saturated rings. The third kappa shape index (κ3) is 4.49. The monoisotopic (exact) mass is 309 g/mol.